The number of hydrogen-bond donors (Lipinski definition) is 0. The molecule has 1 aliphatic rings. The summed E-state index contributed by atoms with van der Waals surface area (Å²) in [4.78, 5) is 17.9. The van der Waals surface area contributed by atoms with Crippen LogP contribution in [-0.4, -0.2) is 62.6 Å². The van der Waals surface area contributed by atoms with E-state index >= 15 is 0 Å². The molecule has 0 unspecified atom stereocenters. The summed E-state index contributed by atoms with van der Waals surface area (Å²) in [6.07, 6.45) is 1.57. The van der Waals surface area contributed by atoms with Crippen molar-refractivity contribution in [2.24, 2.45) is 0 Å². The topological polar surface area (TPSA) is 60.9 Å². The van der Waals surface area contributed by atoms with E-state index in [0.29, 0.717) is 38.3 Å². The van der Waals surface area contributed by atoms with E-state index in [-0.39, 0.29) is 11.9 Å². The van der Waals surface area contributed by atoms with Gasteiger partial charge in [0.25, 0.3) is 0 Å². The molecule has 1 amide bonds. The lowest BCUT2D eigenvalue weighted by atomic mass is 9.96. The number of anilines is 1. The predicted molar refractivity (Wildman–Crippen MR) is 145 cm³/mol. The molecule has 1 aliphatic heterocycles. The molecule has 1 atom stereocenters. The zero-order valence-electron chi connectivity index (χ0n) is 21.2. The Kier molecular flexibility index (Phi) is 8.11. The van der Waals surface area contributed by atoms with E-state index in [2.05, 4.69) is 53.4 Å². The van der Waals surface area contributed by atoms with Crippen molar-refractivity contribution in [1.29, 1.82) is 0 Å². The maximum Gasteiger partial charge on any atom is 0.246 e. The molecule has 0 aliphatic carbocycles. The summed E-state index contributed by atoms with van der Waals surface area (Å²) < 4.78 is 26.9. The molecule has 7 heteroatoms. The van der Waals surface area contributed by atoms with Gasteiger partial charge in [0.15, 0.2) is 0 Å². The Balaban J connectivity index is 1.53. The molecule has 1 heterocycles. The fourth-order valence-electron chi connectivity index (χ4n) is 5.03. The quantitative estimate of drug-likeness (QED) is 0.453. The van der Waals surface area contributed by atoms with Crippen molar-refractivity contribution in [3.8, 4) is 0 Å². The van der Waals surface area contributed by atoms with Gasteiger partial charge in [-0.05, 0) is 36.6 Å². The van der Waals surface area contributed by atoms with Gasteiger partial charge in [-0.25, -0.2) is 8.42 Å². The highest BCUT2D eigenvalue weighted by molar-refractivity contribution is 7.92. The summed E-state index contributed by atoms with van der Waals surface area (Å²) >= 11 is 0. The van der Waals surface area contributed by atoms with Crippen LogP contribution in [0.1, 0.15) is 36.1 Å². The van der Waals surface area contributed by atoms with Gasteiger partial charge in [0.2, 0.25) is 15.9 Å². The Morgan fingerprint density at radius 1 is 0.833 bits per heavy atom. The molecule has 1 fully saturated rings. The minimum atomic E-state index is -3.65. The third kappa shape index (κ3) is 5.79. The minimum Gasteiger partial charge on any atom is -0.338 e. The zero-order valence-corrected chi connectivity index (χ0v) is 22.1. The van der Waals surface area contributed by atoms with Gasteiger partial charge in [0.1, 0.15) is 6.04 Å². The largest absolute Gasteiger partial charge is 0.338 e. The number of amides is 1. The summed E-state index contributed by atoms with van der Waals surface area (Å²) in [7, 11) is -3.65. The Morgan fingerprint density at radius 2 is 1.33 bits per heavy atom. The Labute approximate surface area is 215 Å². The number of nitrogens with zero attached hydrogens (tertiary/aromatic N) is 3. The lowest BCUT2D eigenvalue weighted by Gasteiger charge is -2.42. The second-order valence-corrected chi connectivity index (χ2v) is 11.3. The highest BCUT2D eigenvalue weighted by atomic mass is 32.2. The first-order valence-corrected chi connectivity index (χ1v) is 14.3. The van der Waals surface area contributed by atoms with Gasteiger partial charge in [-0.1, -0.05) is 85.3 Å². The van der Waals surface area contributed by atoms with E-state index in [1.165, 1.54) is 21.7 Å². The Morgan fingerprint density at radius 3 is 1.78 bits per heavy atom. The van der Waals surface area contributed by atoms with Crippen molar-refractivity contribution in [1.82, 2.24) is 9.80 Å². The smallest absolute Gasteiger partial charge is 0.246 e. The number of piperazine rings is 1. The monoisotopic (exact) mass is 505 g/mol. The van der Waals surface area contributed by atoms with Gasteiger partial charge < -0.3 is 4.90 Å². The van der Waals surface area contributed by atoms with Crippen LogP contribution in [-0.2, 0) is 14.8 Å². The van der Waals surface area contributed by atoms with Crippen molar-refractivity contribution in [2.75, 3.05) is 36.7 Å². The molecule has 0 saturated carbocycles. The molecule has 36 heavy (non-hydrogen) atoms. The number of sulfonamides is 1. The van der Waals surface area contributed by atoms with Gasteiger partial charge >= 0.3 is 0 Å². The van der Waals surface area contributed by atoms with Crippen LogP contribution in [0.25, 0.3) is 0 Å². The van der Waals surface area contributed by atoms with Gasteiger partial charge in [-0.2, -0.15) is 0 Å². The SMILES string of the molecule is CC[C@H](C(=O)N1CCN(C(c2ccccc2)c2ccccc2)CC1)N(c1ccc(C)cc1)S(C)(=O)=O. The molecule has 0 bridgehead atoms. The van der Waals surface area contributed by atoms with Crippen LogP contribution in [0.4, 0.5) is 5.69 Å². The molecular formula is C29H35N3O3S. The van der Waals surface area contributed by atoms with Gasteiger partial charge in [0.05, 0.1) is 18.0 Å². The zero-order chi connectivity index (χ0) is 25.7. The second kappa shape index (κ2) is 11.3. The molecule has 0 aromatic heterocycles. The summed E-state index contributed by atoms with van der Waals surface area (Å²) in [5.41, 5.74) is 4.00. The van der Waals surface area contributed by atoms with Gasteiger partial charge in [-0.3, -0.25) is 14.0 Å². The molecule has 3 aromatic rings. The summed E-state index contributed by atoms with van der Waals surface area (Å²) in [6.45, 7) is 6.34. The van der Waals surface area contributed by atoms with Crippen LogP contribution < -0.4 is 4.31 Å². The minimum absolute atomic E-state index is 0.103. The predicted octanol–water partition coefficient (Wildman–Crippen LogP) is 4.47. The van der Waals surface area contributed by atoms with Crippen molar-refractivity contribution in [3.63, 3.8) is 0 Å². The number of rotatable bonds is 8. The third-order valence-corrected chi connectivity index (χ3v) is 8.00. The van der Waals surface area contributed by atoms with Gasteiger partial charge in [0, 0.05) is 26.2 Å². The number of carbonyl (C=O) groups excluding carboxylic acids is 1. The molecule has 1 saturated heterocycles. The fourth-order valence-corrected chi connectivity index (χ4v) is 6.24. The lowest BCUT2D eigenvalue weighted by molar-refractivity contribution is -0.134. The molecule has 3 aromatic carbocycles. The van der Waals surface area contributed by atoms with E-state index < -0.39 is 16.1 Å². The number of benzene rings is 3. The Hall–Kier alpha value is -3.16. The number of hydrogen-bond acceptors (Lipinski definition) is 4. The van der Waals surface area contributed by atoms with Crippen LogP contribution in [0.15, 0.2) is 84.9 Å². The van der Waals surface area contributed by atoms with Crippen LogP contribution in [0.5, 0.6) is 0 Å². The van der Waals surface area contributed by atoms with Crippen molar-refractivity contribution in [2.45, 2.75) is 32.4 Å². The third-order valence-electron chi connectivity index (χ3n) is 6.82. The molecule has 0 N–H and O–H groups in total. The maximum atomic E-state index is 13.7. The highest BCUT2D eigenvalue weighted by Crippen LogP contribution is 2.30. The average Bonchev–Trinajstić information content (AvgIpc) is 2.89. The lowest BCUT2D eigenvalue weighted by Crippen LogP contribution is -2.56. The highest BCUT2D eigenvalue weighted by Gasteiger charge is 2.36. The first kappa shape index (κ1) is 25.9. The summed E-state index contributed by atoms with van der Waals surface area (Å²) in [6, 6.07) is 27.5. The molecule has 190 valence electrons. The molecule has 6 nitrogen and oxygen atoms in total. The van der Waals surface area contributed by atoms with Crippen LogP contribution in [0, 0.1) is 6.92 Å². The Bertz CT molecular complexity index is 1200. The van der Waals surface area contributed by atoms with E-state index in [1.807, 2.05) is 43.0 Å². The average molecular weight is 506 g/mol. The molecular weight excluding hydrogens is 470 g/mol. The fraction of sp³-hybridized carbons (Fsp3) is 0.345. The standard InChI is InChI=1S/C29H35N3O3S/c1-4-27(32(36(3,34)35)26-17-15-23(2)16-18-26)29(33)31-21-19-30(20-22-31)28(24-11-7-5-8-12-24)25-13-9-6-10-14-25/h5-18,27-28H,4,19-22H2,1-3H3/t27-/m1/s1. The van der Waals surface area contributed by atoms with Crippen LogP contribution in [0.2, 0.25) is 0 Å². The van der Waals surface area contributed by atoms with Crippen molar-refractivity contribution >= 4 is 21.6 Å². The number of carbonyl (C=O) groups is 1. The number of aryl methyl sites for hydroxylation is 1. The first-order valence-electron chi connectivity index (χ1n) is 12.5. The van der Waals surface area contributed by atoms with E-state index in [1.54, 1.807) is 12.1 Å². The van der Waals surface area contributed by atoms with Crippen molar-refractivity contribution in [3.05, 3.63) is 102 Å². The normalized spacial score (nSPS) is 15.6. The maximum absolute atomic E-state index is 13.7. The van der Waals surface area contributed by atoms with E-state index in [0.717, 1.165) is 5.56 Å². The van der Waals surface area contributed by atoms with Crippen LogP contribution >= 0.6 is 0 Å². The first-order chi connectivity index (χ1) is 17.3. The van der Waals surface area contributed by atoms with Crippen molar-refractivity contribution < 1.29 is 13.2 Å². The summed E-state index contributed by atoms with van der Waals surface area (Å²) in [5.74, 6) is -0.140. The van der Waals surface area contributed by atoms with E-state index in [4.69, 9.17) is 0 Å². The molecule has 0 radical (unpaired) electrons. The summed E-state index contributed by atoms with van der Waals surface area (Å²) in [5, 5.41) is 0. The molecule has 4 rings (SSSR count). The van der Waals surface area contributed by atoms with Gasteiger partial charge in [-0.15, -0.1) is 0 Å². The van der Waals surface area contributed by atoms with Crippen LogP contribution in [0.3, 0.4) is 0 Å². The second-order valence-electron chi connectivity index (χ2n) is 9.40. The molecule has 0 spiro atoms. The van der Waals surface area contributed by atoms with E-state index in [9.17, 15) is 13.2 Å².